The fraction of sp³-hybridized carbons (Fsp3) is 0.417. The first-order valence-corrected chi connectivity index (χ1v) is 12.0. The minimum atomic E-state index is -0.509. The van der Waals surface area contributed by atoms with Crippen LogP contribution in [0.4, 0.5) is 0 Å². The molecule has 0 bridgehead atoms. The summed E-state index contributed by atoms with van der Waals surface area (Å²) in [7, 11) is 0. The van der Waals surface area contributed by atoms with Gasteiger partial charge in [-0.25, -0.2) is 0 Å². The molecule has 2 atom stereocenters. The molecule has 1 aliphatic carbocycles. The quantitative estimate of drug-likeness (QED) is 0.693. The van der Waals surface area contributed by atoms with Gasteiger partial charge in [0.2, 0.25) is 5.91 Å². The van der Waals surface area contributed by atoms with Crippen LogP contribution in [0.25, 0.3) is 0 Å². The second-order valence-electron chi connectivity index (χ2n) is 8.09. The van der Waals surface area contributed by atoms with Crippen molar-refractivity contribution in [3.8, 4) is 0 Å². The number of aryl methyl sites for hydroxylation is 1. The minimum absolute atomic E-state index is 0.0501. The molecule has 158 valence electrons. The lowest BCUT2D eigenvalue weighted by atomic mass is 9.95. The van der Waals surface area contributed by atoms with Crippen LogP contribution in [0.5, 0.6) is 0 Å². The zero-order valence-corrected chi connectivity index (χ0v) is 18.7. The summed E-state index contributed by atoms with van der Waals surface area (Å²) in [5, 5.41) is 3.55. The van der Waals surface area contributed by atoms with Crippen molar-refractivity contribution in [2.75, 3.05) is 5.75 Å². The van der Waals surface area contributed by atoms with Crippen LogP contribution >= 0.6 is 23.4 Å². The second kappa shape index (κ2) is 9.44. The van der Waals surface area contributed by atoms with Crippen molar-refractivity contribution in [1.82, 2.24) is 10.2 Å². The Kier molecular flexibility index (Phi) is 6.69. The van der Waals surface area contributed by atoms with Gasteiger partial charge in [-0.2, -0.15) is 0 Å². The van der Waals surface area contributed by atoms with Gasteiger partial charge < -0.3 is 10.2 Å². The Balaban J connectivity index is 1.65. The van der Waals surface area contributed by atoms with Gasteiger partial charge in [0.25, 0.3) is 5.91 Å². The third-order valence-electron chi connectivity index (χ3n) is 6.04. The molecule has 1 heterocycles. The van der Waals surface area contributed by atoms with Gasteiger partial charge >= 0.3 is 0 Å². The SMILES string of the molecule is Cc1ccccc1C(=O)N1C(C(=O)NC2CCCCC2)CSC1c1ccccc1Cl. The van der Waals surface area contributed by atoms with Gasteiger partial charge in [0.1, 0.15) is 11.4 Å². The Bertz CT molecular complexity index is 929. The summed E-state index contributed by atoms with van der Waals surface area (Å²) < 4.78 is 0. The number of thioether (sulfide) groups is 1. The molecule has 0 aromatic heterocycles. The standard InChI is InChI=1S/C24H27ClN2O2S/c1-16-9-5-6-12-18(16)23(29)27-21(22(28)26-17-10-3-2-4-11-17)15-30-24(27)19-13-7-8-14-20(19)25/h5-9,12-14,17,21,24H,2-4,10-11,15H2,1H3,(H,26,28). The molecule has 0 spiro atoms. The van der Waals surface area contributed by atoms with Crippen molar-refractivity contribution in [3.63, 3.8) is 0 Å². The molecule has 1 saturated heterocycles. The van der Waals surface area contributed by atoms with E-state index in [4.69, 9.17) is 11.6 Å². The zero-order valence-electron chi connectivity index (χ0n) is 17.1. The summed E-state index contributed by atoms with van der Waals surface area (Å²) in [6, 6.07) is 14.8. The number of hydrogen-bond donors (Lipinski definition) is 1. The molecule has 6 heteroatoms. The van der Waals surface area contributed by atoms with E-state index in [1.165, 1.54) is 6.42 Å². The molecule has 1 N–H and O–H groups in total. The molecule has 4 rings (SSSR count). The Labute approximate surface area is 187 Å². The van der Waals surface area contributed by atoms with Gasteiger partial charge in [0.15, 0.2) is 0 Å². The van der Waals surface area contributed by atoms with Crippen molar-refractivity contribution in [3.05, 3.63) is 70.2 Å². The fourth-order valence-electron chi connectivity index (χ4n) is 4.37. The van der Waals surface area contributed by atoms with E-state index in [1.54, 1.807) is 16.7 Å². The highest BCUT2D eigenvalue weighted by atomic mass is 35.5. The lowest BCUT2D eigenvalue weighted by molar-refractivity contribution is -0.125. The molecule has 2 fully saturated rings. The van der Waals surface area contributed by atoms with Crippen LogP contribution in [0.3, 0.4) is 0 Å². The van der Waals surface area contributed by atoms with Gasteiger partial charge in [-0.1, -0.05) is 67.3 Å². The normalized spacial score (nSPS) is 22.1. The largest absolute Gasteiger partial charge is 0.352 e. The predicted molar refractivity (Wildman–Crippen MR) is 123 cm³/mol. The Hall–Kier alpha value is -1.98. The fourth-order valence-corrected chi connectivity index (χ4v) is 6.14. The molecule has 30 heavy (non-hydrogen) atoms. The molecule has 4 nitrogen and oxygen atoms in total. The molecule has 1 aliphatic heterocycles. The first-order chi connectivity index (χ1) is 14.6. The number of nitrogens with zero attached hydrogens (tertiary/aromatic N) is 1. The Morgan fingerprint density at radius 3 is 2.47 bits per heavy atom. The molecule has 2 amide bonds. The van der Waals surface area contributed by atoms with E-state index in [0.717, 1.165) is 36.8 Å². The molecule has 2 aromatic rings. The highest BCUT2D eigenvalue weighted by molar-refractivity contribution is 7.99. The summed E-state index contributed by atoms with van der Waals surface area (Å²) in [4.78, 5) is 28.7. The number of amides is 2. The van der Waals surface area contributed by atoms with Gasteiger partial charge in [-0.05, 0) is 37.5 Å². The lowest BCUT2D eigenvalue weighted by Crippen LogP contribution is -2.50. The summed E-state index contributed by atoms with van der Waals surface area (Å²) in [5.41, 5.74) is 2.41. The highest BCUT2D eigenvalue weighted by Gasteiger charge is 2.43. The van der Waals surface area contributed by atoms with E-state index >= 15 is 0 Å². The number of nitrogens with one attached hydrogen (secondary N) is 1. The molecule has 1 saturated carbocycles. The molecule has 2 aromatic carbocycles. The Morgan fingerprint density at radius 2 is 1.73 bits per heavy atom. The van der Waals surface area contributed by atoms with Gasteiger partial charge in [-0.3, -0.25) is 9.59 Å². The van der Waals surface area contributed by atoms with Crippen molar-refractivity contribution in [1.29, 1.82) is 0 Å². The van der Waals surface area contributed by atoms with E-state index in [9.17, 15) is 9.59 Å². The molecule has 2 unspecified atom stereocenters. The second-order valence-corrected chi connectivity index (χ2v) is 9.61. The van der Waals surface area contributed by atoms with Gasteiger partial charge in [0.05, 0.1) is 0 Å². The monoisotopic (exact) mass is 442 g/mol. The molecule has 2 aliphatic rings. The summed E-state index contributed by atoms with van der Waals surface area (Å²) in [6.45, 7) is 1.93. The first-order valence-electron chi connectivity index (χ1n) is 10.6. The third-order valence-corrected chi connectivity index (χ3v) is 7.69. The maximum Gasteiger partial charge on any atom is 0.256 e. The first kappa shape index (κ1) is 21.3. The minimum Gasteiger partial charge on any atom is -0.352 e. The van der Waals surface area contributed by atoms with Gasteiger partial charge in [-0.15, -0.1) is 11.8 Å². The summed E-state index contributed by atoms with van der Waals surface area (Å²) in [5.74, 6) is 0.393. The van der Waals surface area contributed by atoms with Crippen LogP contribution in [-0.2, 0) is 4.79 Å². The molecular weight excluding hydrogens is 416 g/mol. The number of hydrogen-bond acceptors (Lipinski definition) is 3. The highest BCUT2D eigenvalue weighted by Crippen LogP contribution is 2.44. The van der Waals surface area contributed by atoms with E-state index in [1.807, 2.05) is 55.5 Å². The number of rotatable bonds is 4. The maximum absolute atomic E-state index is 13.7. The summed E-state index contributed by atoms with van der Waals surface area (Å²) in [6.07, 6.45) is 5.58. The van der Waals surface area contributed by atoms with Crippen LogP contribution in [-0.4, -0.2) is 34.6 Å². The number of halogens is 1. The van der Waals surface area contributed by atoms with Gasteiger partial charge in [0, 0.05) is 27.9 Å². The predicted octanol–water partition coefficient (Wildman–Crippen LogP) is 5.35. The molecular formula is C24H27ClN2O2S. The smallest absolute Gasteiger partial charge is 0.256 e. The molecule has 0 radical (unpaired) electrons. The average molecular weight is 443 g/mol. The lowest BCUT2D eigenvalue weighted by Gasteiger charge is -2.31. The van der Waals surface area contributed by atoms with Crippen molar-refractivity contribution in [2.45, 2.75) is 56.5 Å². The van der Waals surface area contributed by atoms with Crippen LogP contribution in [0, 0.1) is 6.92 Å². The average Bonchev–Trinajstić information content (AvgIpc) is 3.20. The maximum atomic E-state index is 13.7. The van der Waals surface area contributed by atoms with Crippen molar-refractivity contribution >= 4 is 35.2 Å². The van der Waals surface area contributed by atoms with E-state index in [-0.39, 0.29) is 23.2 Å². The zero-order chi connectivity index (χ0) is 21.1. The van der Waals surface area contributed by atoms with Crippen LogP contribution in [0.2, 0.25) is 5.02 Å². The van der Waals surface area contributed by atoms with Crippen LogP contribution in [0.1, 0.15) is 59.0 Å². The van der Waals surface area contributed by atoms with E-state index < -0.39 is 6.04 Å². The topological polar surface area (TPSA) is 49.4 Å². The summed E-state index contributed by atoms with van der Waals surface area (Å²) >= 11 is 8.09. The number of carbonyl (C=O) groups is 2. The number of benzene rings is 2. The van der Waals surface area contributed by atoms with Crippen LogP contribution < -0.4 is 5.32 Å². The Morgan fingerprint density at radius 1 is 1.03 bits per heavy atom. The van der Waals surface area contributed by atoms with Crippen LogP contribution in [0.15, 0.2) is 48.5 Å². The van der Waals surface area contributed by atoms with E-state index in [0.29, 0.717) is 16.3 Å². The van der Waals surface area contributed by atoms with E-state index in [2.05, 4.69) is 5.32 Å². The third kappa shape index (κ3) is 4.37. The van der Waals surface area contributed by atoms with Crippen molar-refractivity contribution in [2.24, 2.45) is 0 Å². The van der Waals surface area contributed by atoms with Crippen molar-refractivity contribution < 1.29 is 9.59 Å². The number of carbonyl (C=O) groups excluding carboxylic acids is 2.